The standard InChI is InChI=1S/C19H26N6O/c1-12-7-18(22-11-21-12)25-10-16(26-3)8-15(25)9-20-17-6-13(2)23-19(24-17)14-4-5-14/h6-7,11,14-16H,4-5,8-10H2,1-3H3,(H,20,23,24)/t15-,16-/m0/s1. The van der Waals surface area contributed by atoms with Crippen LogP contribution in [-0.2, 0) is 4.74 Å². The van der Waals surface area contributed by atoms with Gasteiger partial charge in [-0.1, -0.05) is 0 Å². The Kier molecular flexibility index (Phi) is 4.72. The third-order valence-corrected chi connectivity index (χ3v) is 5.13. The molecule has 2 aromatic heterocycles. The van der Waals surface area contributed by atoms with Gasteiger partial charge in [-0.05, 0) is 33.1 Å². The lowest BCUT2D eigenvalue weighted by Crippen LogP contribution is -2.36. The van der Waals surface area contributed by atoms with Crippen molar-refractivity contribution >= 4 is 11.6 Å². The van der Waals surface area contributed by atoms with Crippen molar-refractivity contribution in [3.63, 3.8) is 0 Å². The number of hydrogen-bond donors (Lipinski definition) is 1. The van der Waals surface area contributed by atoms with Crippen molar-refractivity contribution in [2.45, 2.75) is 51.2 Å². The van der Waals surface area contributed by atoms with Crippen LogP contribution in [0.1, 0.15) is 42.4 Å². The molecule has 0 amide bonds. The first-order valence-corrected chi connectivity index (χ1v) is 9.30. The quantitative estimate of drug-likeness (QED) is 0.854. The van der Waals surface area contributed by atoms with Crippen LogP contribution in [0.3, 0.4) is 0 Å². The van der Waals surface area contributed by atoms with Crippen molar-refractivity contribution in [1.82, 2.24) is 19.9 Å². The smallest absolute Gasteiger partial charge is 0.134 e. The number of ether oxygens (including phenoxy) is 1. The number of aromatic nitrogens is 4. The Morgan fingerprint density at radius 2 is 2.00 bits per heavy atom. The van der Waals surface area contributed by atoms with E-state index < -0.39 is 0 Å². The fourth-order valence-corrected chi connectivity index (χ4v) is 3.54. The average Bonchev–Trinajstić information content (AvgIpc) is 3.39. The van der Waals surface area contributed by atoms with Gasteiger partial charge in [0.1, 0.15) is 23.8 Å². The van der Waals surface area contributed by atoms with Crippen LogP contribution in [0.25, 0.3) is 0 Å². The van der Waals surface area contributed by atoms with E-state index in [0.29, 0.717) is 12.0 Å². The molecule has 1 saturated heterocycles. The Morgan fingerprint density at radius 1 is 1.15 bits per heavy atom. The van der Waals surface area contributed by atoms with Gasteiger partial charge in [-0.25, -0.2) is 19.9 Å². The van der Waals surface area contributed by atoms with Gasteiger partial charge in [0.05, 0.1) is 12.1 Å². The molecule has 4 rings (SSSR count). The highest BCUT2D eigenvalue weighted by Crippen LogP contribution is 2.38. The van der Waals surface area contributed by atoms with Gasteiger partial charge < -0.3 is 15.0 Å². The molecule has 2 atom stereocenters. The Hall–Kier alpha value is -2.28. The second kappa shape index (κ2) is 7.15. The largest absolute Gasteiger partial charge is 0.380 e. The molecule has 0 bridgehead atoms. The molecule has 0 radical (unpaired) electrons. The average molecular weight is 354 g/mol. The van der Waals surface area contributed by atoms with E-state index in [0.717, 1.165) is 48.4 Å². The summed E-state index contributed by atoms with van der Waals surface area (Å²) in [7, 11) is 1.78. The zero-order valence-corrected chi connectivity index (χ0v) is 15.6. The first kappa shape index (κ1) is 17.1. The molecule has 1 N–H and O–H groups in total. The zero-order chi connectivity index (χ0) is 18.1. The van der Waals surface area contributed by atoms with E-state index in [9.17, 15) is 0 Å². The summed E-state index contributed by atoms with van der Waals surface area (Å²) >= 11 is 0. The van der Waals surface area contributed by atoms with E-state index in [4.69, 9.17) is 9.72 Å². The molecule has 26 heavy (non-hydrogen) atoms. The molecule has 1 aliphatic heterocycles. The number of anilines is 2. The van der Waals surface area contributed by atoms with Crippen LogP contribution < -0.4 is 10.2 Å². The SMILES string of the molecule is CO[C@H]1C[C@@H](CNc2cc(C)nc(C3CC3)n2)N(c2cc(C)ncn2)C1. The van der Waals surface area contributed by atoms with Gasteiger partial charge in [0, 0.05) is 49.6 Å². The predicted molar refractivity (Wildman–Crippen MR) is 101 cm³/mol. The van der Waals surface area contributed by atoms with Crippen LogP contribution in [0, 0.1) is 13.8 Å². The van der Waals surface area contributed by atoms with Crippen molar-refractivity contribution in [3.05, 3.63) is 35.7 Å². The van der Waals surface area contributed by atoms with Gasteiger partial charge in [0.25, 0.3) is 0 Å². The lowest BCUT2D eigenvalue weighted by atomic mass is 10.2. The number of methoxy groups -OCH3 is 1. The highest BCUT2D eigenvalue weighted by atomic mass is 16.5. The van der Waals surface area contributed by atoms with E-state index in [2.05, 4.69) is 25.2 Å². The summed E-state index contributed by atoms with van der Waals surface area (Å²) in [4.78, 5) is 20.3. The van der Waals surface area contributed by atoms with E-state index in [1.54, 1.807) is 13.4 Å². The molecule has 0 aromatic carbocycles. The van der Waals surface area contributed by atoms with Gasteiger partial charge in [0.15, 0.2) is 0 Å². The molecule has 2 aromatic rings. The first-order valence-electron chi connectivity index (χ1n) is 9.30. The van der Waals surface area contributed by atoms with Crippen molar-refractivity contribution in [3.8, 4) is 0 Å². The summed E-state index contributed by atoms with van der Waals surface area (Å²) in [5.41, 5.74) is 2.00. The van der Waals surface area contributed by atoms with Crippen LogP contribution in [0.4, 0.5) is 11.6 Å². The maximum absolute atomic E-state index is 5.61. The van der Waals surface area contributed by atoms with E-state index in [1.807, 2.05) is 26.0 Å². The summed E-state index contributed by atoms with van der Waals surface area (Å²) in [6.07, 6.45) is 5.23. The maximum Gasteiger partial charge on any atom is 0.134 e. The van der Waals surface area contributed by atoms with Crippen molar-refractivity contribution < 1.29 is 4.74 Å². The lowest BCUT2D eigenvalue weighted by molar-refractivity contribution is 0.118. The summed E-state index contributed by atoms with van der Waals surface area (Å²) < 4.78 is 5.61. The second-order valence-electron chi connectivity index (χ2n) is 7.33. The molecule has 138 valence electrons. The zero-order valence-electron chi connectivity index (χ0n) is 15.6. The predicted octanol–water partition coefficient (Wildman–Crippen LogP) is 2.47. The first-order chi connectivity index (χ1) is 12.6. The topological polar surface area (TPSA) is 76.1 Å². The van der Waals surface area contributed by atoms with Crippen LogP contribution in [0.5, 0.6) is 0 Å². The third-order valence-electron chi connectivity index (χ3n) is 5.13. The lowest BCUT2D eigenvalue weighted by Gasteiger charge is -2.26. The van der Waals surface area contributed by atoms with E-state index in [1.165, 1.54) is 12.8 Å². The van der Waals surface area contributed by atoms with Crippen LogP contribution in [-0.4, -0.2) is 52.3 Å². The summed E-state index contributed by atoms with van der Waals surface area (Å²) in [5, 5.41) is 3.52. The molecule has 7 heteroatoms. The summed E-state index contributed by atoms with van der Waals surface area (Å²) in [5.74, 6) is 3.41. The van der Waals surface area contributed by atoms with Crippen LogP contribution in [0.2, 0.25) is 0 Å². The number of nitrogens with zero attached hydrogens (tertiary/aromatic N) is 5. The van der Waals surface area contributed by atoms with Gasteiger partial charge in [-0.3, -0.25) is 0 Å². The molecule has 1 saturated carbocycles. The Labute approximate surface area is 154 Å². The molecule has 2 fully saturated rings. The van der Waals surface area contributed by atoms with Gasteiger partial charge in [-0.15, -0.1) is 0 Å². The highest BCUT2D eigenvalue weighted by Gasteiger charge is 2.33. The number of hydrogen-bond acceptors (Lipinski definition) is 7. The Morgan fingerprint density at radius 3 is 2.73 bits per heavy atom. The minimum absolute atomic E-state index is 0.214. The third kappa shape index (κ3) is 3.77. The monoisotopic (exact) mass is 354 g/mol. The van der Waals surface area contributed by atoms with E-state index in [-0.39, 0.29) is 6.10 Å². The number of aryl methyl sites for hydroxylation is 2. The number of nitrogens with one attached hydrogen (secondary N) is 1. The van der Waals surface area contributed by atoms with Crippen LogP contribution >= 0.6 is 0 Å². The maximum atomic E-state index is 5.61. The summed E-state index contributed by atoms with van der Waals surface area (Å²) in [6, 6.07) is 4.35. The molecular formula is C19H26N6O. The van der Waals surface area contributed by atoms with Crippen molar-refractivity contribution in [2.24, 2.45) is 0 Å². The molecule has 2 aliphatic rings. The second-order valence-corrected chi connectivity index (χ2v) is 7.33. The summed E-state index contributed by atoms with van der Waals surface area (Å²) in [6.45, 7) is 5.66. The molecule has 0 spiro atoms. The molecule has 0 unspecified atom stereocenters. The van der Waals surface area contributed by atoms with Gasteiger partial charge >= 0.3 is 0 Å². The van der Waals surface area contributed by atoms with Gasteiger partial charge in [-0.2, -0.15) is 0 Å². The Balaban J connectivity index is 1.48. The normalized spacial score (nSPS) is 22.7. The Bertz CT molecular complexity index is 778. The minimum Gasteiger partial charge on any atom is -0.380 e. The fraction of sp³-hybridized carbons (Fsp3) is 0.579. The molecule has 1 aliphatic carbocycles. The minimum atomic E-state index is 0.214. The van der Waals surface area contributed by atoms with Crippen molar-refractivity contribution in [2.75, 3.05) is 30.4 Å². The molecule has 3 heterocycles. The van der Waals surface area contributed by atoms with E-state index >= 15 is 0 Å². The number of rotatable bonds is 6. The molecule has 7 nitrogen and oxygen atoms in total. The van der Waals surface area contributed by atoms with Gasteiger partial charge in [0.2, 0.25) is 0 Å². The highest BCUT2D eigenvalue weighted by molar-refractivity contribution is 5.44. The fourth-order valence-electron chi connectivity index (χ4n) is 3.54. The molecular weight excluding hydrogens is 328 g/mol. The van der Waals surface area contributed by atoms with Crippen molar-refractivity contribution in [1.29, 1.82) is 0 Å². The van der Waals surface area contributed by atoms with Crippen LogP contribution in [0.15, 0.2) is 18.5 Å².